The van der Waals surface area contributed by atoms with E-state index in [9.17, 15) is 4.79 Å². The lowest BCUT2D eigenvalue weighted by Gasteiger charge is -2.19. The highest BCUT2D eigenvalue weighted by Crippen LogP contribution is 2.29. The van der Waals surface area contributed by atoms with Crippen molar-refractivity contribution < 1.29 is 4.79 Å². The second-order valence-corrected chi connectivity index (χ2v) is 6.62. The summed E-state index contributed by atoms with van der Waals surface area (Å²) in [4.78, 5) is 12.4. The van der Waals surface area contributed by atoms with Gasteiger partial charge in [-0.1, -0.05) is 12.8 Å². The predicted molar refractivity (Wildman–Crippen MR) is 69.3 cm³/mol. The number of rotatable bonds is 4. The van der Waals surface area contributed by atoms with Crippen LogP contribution in [-0.2, 0) is 4.79 Å². The second kappa shape index (κ2) is 5.29. The van der Waals surface area contributed by atoms with E-state index in [0.717, 1.165) is 21.5 Å². The molecule has 1 heterocycles. The number of nitrogens with one attached hydrogen (secondary N) is 1. The van der Waals surface area contributed by atoms with E-state index < -0.39 is 0 Å². The summed E-state index contributed by atoms with van der Waals surface area (Å²) in [6.45, 7) is 0. The van der Waals surface area contributed by atoms with E-state index in [2.05, 4.69) is 21.2 Å². The van der Waals surface area contributed by atoms with Crippen molar-refractivity contribution in [2.75, 3.05) is 0 Å². The fourth-order valence-corrected chi connectivity index (χ4v) is 3.61. The molecule has 5 heteroatoms. The summed E-state index contributed by atoms with van der Waals surface area (Å²) in [5, 5.41) is 3.36. The Balaban J connectivity index is 2.07. The molecule has 1 fully saturated rings. The van der Waals surface area contributed by atoms with Crippen LogP contribution in [0.1, 0.15) is 36.6 Å². The molecule has 0 bridgehead atoms. The molecule has 1 atom stereocenters. The van der Waals surface area contributed by atoms with Gasteiger partial charge in [-0.05, 0) is 40.9 Å². The topological polar surface area (TPSA) is 55.1 Å². The van der Waals surface area contributed by atoms with Gasteiger partial charge in [-0.3, -0.25) is 10.1 Å². The number of nitrogens with two attached hydrogens (primary N) is 1. The van der Waals surface area contributed by atoms with Crippen LogP contribution in [0.15, 0.2) is 15.9 Å². The normalized spacial score (nSPS) is 18.8. The second-order valence-electron chi connectivity index (χ2n) is 4.13. The highest BCUT2D eigenvalue weighted by atomic mass is 79.9. The van der Waals surface area contributed by atoms with E-state index in [0.29, 0.717) is 6.04 Å². The molecule has 3 N–H and O–H groups in total. The molecule has 1 amide bonds. The Labute approximate surface area is 108 Å². The average Bonchev–Trinajstić information content (AvgIpc) is 2.84. The zero-order valence-corrected chi connectivity index (χ0v) is 11.3. The fourth-order valence-electron chi connectivity index (χ4n) is 2.12. The molecule has 0 radical (unpaired) electrons. The quantitative estimate of drug-likeness (QED) is 0.898. The number of carbonyl (C=O) groups is 1. The Morgan fingerprint density at radius 3 is 2.69 bits per heavy atom. The molecule has 16 heavy (non-hydrogen) atoms. The van der Waals surface area contributed by atoms with E-state index in [-0.39, 0.29) is 11.9 Å². The van der Waals surface area contributed by atoms with Gasteiger partial charge in [0.15, 0.2) is 0 Å². The van der Waals surface area contributed by atoms with Crippen LogP contribution >= 0.6 is 27.3 Å². The molecular formula is C11H15BrN2OS. The molecule has 1 saturated carbocycles. The summed E-state index contributed by atoms with van der Waals surface area (Å²) in [5.74, 6) is -0.291. The van der Waals surface area contributed by atoms with Crippen LogP contribution in [0.5, 0.6) is 0 Å². The Bertz CT molecular complexity index is 374. The average molecular weight is 303 g/mol. The maximum absolute atomic E-state index is 11.4. The molecular weight excluding hydrogens is 288 g/mol. The predicted octanol–water partition coefficient (Wildman–Crippen LogP) is 2.57. The monoisotopic (exact) mass is 302 g/mol. The van der Waals surface area contributed by atoms with Crippen LogP contribution in [0.2, 0.25) is 0 Å². The first-order valence-corrected chi connectivity index (χ1v) is 7.08. The molecule has 0 aromatic carbocycles. The van der Waals surface area contributed by atoms with Crippen molar-refractivity contribution >= 4 is 33.2 Å². The van der Waals surface area contributed by atoms with Crippen LogP contribution < -0.4 is 11.1 Å². The van der Waals surface area contributed by atoms with Gasteiger partial charge in [-0.2, -0.15) is 0 Å². The Morgan fingerprint density at radius 2 is 2.19 bits per heavy atom. The molecule has 0 saturated heterocycles. The van der Waals surface area contributed by atoms with Crippen LogP contribution in [0.4, 0.5) is 0 Å². The van der Waals surface area contributed by atoms with Crippen molar-refractivity contribution in [3.8, 4) is 0 Å². The number of halogens is 1. The zero-order chi connectivity index (χ0) is 11.5. The molecule has 0 aliphatic heterocycles. The Kier molecular flexibility index (Phi) is 4.00. The van der Waals surface area contributed by atoms with E-state index in [1.165, 1.54) is 12.8 Å². The third kappa shape index (κ3) is 2.84. The van der Waals surface area contributed by atoms with Crippen LogP contribution in [0, 0.1) is 0 Å². The number of primary amides is 1. The van der Waals surface area contributed by atoms with Gasteiger partial charge in [0, 0.05) is 10.9 Å². The number of carbonyl (C=O) groups excluding carboxylic acids is 1. The van der Waals surface area contributed by atoms with E-state index in [1.54, 1.807) is 11.3 Å². The molecule has 0 spiro atoms. The molecule has 1 unspecified atom stereocenters. The molecule has 1 aliphatic rings. The fraction of sp³-hybridized carbons (Fsp3) is 0.545. The zero-order valence-electron chi connectivity index (χ0n) is 8.91. The Morgan fingerprint density at radius 1 is 1.50 bits per heavy atom. The SMILES string of the molecule is NC(=O)C(NC1CCCC1)c1ccc(Br)s1. The highest BCUT2D eigenvalue weighted by Gasteiger charge is 2.24. The summed E-state index contributed by atoms with van der Waals surface area (Å²) in [6, 6.07) is 4.01. The third-order valence-electron chi connectivity index (χ3n) is 2.92. The summed E-state index contributed by atoms with van der Waals surface area (Å²) in [7, 11) is 0. The standard InChI is InChI=1S/C11H15BrN2OS/c12-9-6-5-8(16-9)10(11(13)15)14-7-3-1-2-4-7/h5-7,10,14H,1-4H2,(H2,13,15). The number of thiophene rings is 1. The lowest BCUT2D eigenvalue weighted by atomic mass is 10.1. The van der Waals surface area contributed by atoms with Crippen LogP contribution in [-0.4, -0.2) is 11.9 Å². The minimum Gasteiger partial charge on any atom is -0.368 e. The highest BCUT2D eigenvalue weighted by molar-refractivity contribution is 9.11. The number of amides is 1. The molecule has 2 rings (SSSR count). The number of hydrogen-bond donors (Lipinski definition) is 2. The van der Waals surface area contributed by atoms with Gasteiger partial charge < -0.3 is 5.73 Å². The van der Waals surface area contributed by atoms with Crippen molar-refractivity contribution in [1.29, 1.82) is 0 Å². The third-order valence-corrected chi connectivity index (χ3v) is 4.61. The Hall–Kier alpha value is -0.390. The van der Waals surface area contributed by atoms with Crippen molar-refractivity contribution in [1.82, 2.24) is 5.32 Å². The largest absolute Gasteiger partial charge is 0.368 e. The smallest absolute Gasteiger partial charge is 0.240 e. The van der Waals surface area contributed by atoms with Crippen LogP contribution in [0.3, 0.4) is 0 Å². The molecule has 1 aromatic rings. The number of hydrogen-bond acceptors (Lipinski definition) is 3. The lowest BCUT2D eigenvalue weighted by molar-refractivity contribution is -0.120. The first kappa shape index (κ1) is 12.1. The molecule has 1 aromatic heterocycles. The van der Waals surface area contributed by atoms with Crippen molar-refractivity contribution in [3.63, 3.8) is 0 Å². The first-order valence-electron chi connectivity index (χ1n) is 5.47. The summed E-state index contributed by atoms with van der Waals surface area (Å²) >= 11 is 4.96. The van der Waals surface area contributed by atoms with Gasteiger partial charge in [-0.15, -0.1) is 11.3 Å². The summed E-state index contributed by atoms with van der Waals surface area (Å²) in [6.07, 6.45) is 4.79. The van der Waals surface area contributed by atoms with Gasteiger partial charge in [0.1, 0.15) is 6.04 Å². The molecule has 88 valence electrons. The van der Waals surface area contributed by atoms with E-state index in [4.69, 9.17) is 5.73 Å². The van der Waals surface area contributed by atoms with Gasteiger partial charge in [-0.25, -0.2) is 0 Å². The lowest BCUT2D eigenvalue weighted by Crippen LogP contribution is -2.38. The van der Waals surface area contributed by atoms with E-state index >= 15 is 0 Å². The van der Waals surface area contributed by atoms with E-state index in [1.807, 2.05) is 12.1 Å². The van der Waals surface area contributed by atoms with Gasteiger partial charge in [0.2, 0.25) is 5.91 Å². The molecule has 3 nitrogen and oxygen atoms in total. The summed E-state index contributed by atoms with van der Waals surface area (Å²) < 4.78 is 1.03. The first-order chi connectivity index (χ1) is 7.66. The van der Waals surface area contributed by atoms with Crippen molar-refractivity contribution in [2.24, 2.45) is 5.73 Å². The molecule has 1 aliphatic carbocycles. The minimum absolute atomic E-state index is 0.291. The van der Waals surface area contributed by atoms with Gasteiger partial charge >= 0.3 is 0 Å². The maximum atomic E-state index is 11.4. The van der Waals surface area contributed by atoms with Crippen molar-refractivity contribution in [3.05, 3.63) is 20.8 Å². The van der Waals surface area contributed by atoms with Crippen LogP contribution in [0.25, 0.3) is 0 Å². The van der Waals surface area contributed by atoms with Gasteiger partial charge in [0.25, 0.3) is 0 Å². The minimum atomic E-state index is -0.334. The van der Waals surface area contributed by atoms with Crippen molar-refractivity contribution in [2.45, 2.75) is 37.8 Å². The van der Waals surface area contributed by atoms with Gasteiger partial charge in [0.05, 0.1) is 3.79 Å². The summed E-state index contributed by atoms with van der Waals surface area (Å²) in [5.41, 5.74) is 5.45. The maximum Gasteiger partial charge on any atom is 0.240 e.